The number of aromatic nitrogens is 2. The number of anilines is 1. The highest BCUT2D eigenvalue weighted by Gasteiger charge is 2.49. The molecule has 0 saturated heterocycles. The number of hydrogen-bond acceptors (Lipinski definition) is 8. The summed E-state index contributed by atoms with van der Waals surface area (Å²) < 4.78 is 0. The van der Waals surface area contributed by atoms with E-state index in [4.69, 9.17) is 17.2 Å². The lowest BCUT2D eigenvalue weighted by Crippen LogP contribution is -2.71. The van der Waals surface area contributed by atoms with E-state index < -0.39 is 11.4 Å². The van der Waals surface area contributed by atoms with E-state index in [0.717, 1.165) is 12.1 Å². The zero-order valence-corrected chi connectivity index (χ0v) is 12.7. The van der Waals surface area contributed by atoms with Crippen LogP contribution in [-0.4, -0.2) is 45.0 Å². The van der Waals surface area contributed by atoms with Gasteiger partial charge in [0.15, 0.2) is 11.5 Å². The van der Waals surface area contributed by atoms with Gasteiger partial charge in [-0.25, -0.2) is 15.0 Å². The number of nitrogens with one attached hydrogen (secondary N) is 1. The molecule has 0 aliphatic carbocycles. The maximum atomic E-state index is 6.69. The minimum Gasteiger partial charge on any atom is -0.331 e. The second-order valence-corrected chi connectivity index (χ2v) is 5.56. The lowest BCUT2D eigenvalue weighted by atomic mass is 10.1. The van der Waals surface area contributed by atoms with Crippen LogP contribution in [0.1, 0.15) is 20.3 Å². The Balaban J connectivity index is 2.08. The molecule has 0 fully saturated rings. The standard InChI is InChI=1S/C13H21N9/c1-3-6-21(11-17-4-5-18-11)13(16)7-9(2)20-10-12(14,15)8-19-22(10)13/h4-5,7-8H,3,6,14-16H2,1-2H3,(H,17,18). The number of rotatable bonds is 4. The van der Waals surface area contributed by atoms with Crippen LogP contribution in [0.3, 0.4) is 0 Å². The van der Waals surface area contributed by atoms with Crippen LogP contribution in [0.5, 0.6) is 0 Å². The molecule has 0 saturated carbocycles. The van der Waals surface area contributed by atoms with Crippen LogP contribution in [0, 0.1) is 0 Å². The van der Waals surface area contributed by atoms with E-state index in [1.54, 1.807) is 17.4 Å². The van der Waals surface area contributed by atoms with Crippen molar-refractivity contribution in [1.82, 2.24) is 15.0 Å². The van der Waals surface area contributed by atoms with Gasteiger partial charge in [0.25, 0.3) is 0 Å². The summed E-state index contributed by atoms with van der Waals surface area (Å²) in [6.45, 7) is 4.60. The van der Waals surface area contributed by atoms with E-state index in [1.807, 2.05) is 17.9 Å². The molecule has 0 radical (unpaired) electrons. The molecule has 1 atom stereocenters. The SMILES string of the molecule is CCCN(c1ncc[nH]1)C1(N)C=C(C)N=C2N1N=CC2(N)N. The number of allylic oxidation sites excluding steroid dienone is 1. The fraction of sp³-hybridized carbons (Fsp3) is 0.462. The zero-order chi connectivity index (χ0) is 16.0. The van der Waals surface area contributed by atoms with Crippen LogP contribution in [0.25, 0.3) is 0 Å². The first-order valence-corrected chi connectivity index (χ1v) is 7.16. The van der Waals surface area contributed by atoms with Gasteiger partial charge >= 0.3 is 0 Å². The number of nitrogens with zero attached hydrogens (tertiary/aromatic N) is 5. The Morgan fingerprint density at radius 2 is 2.14 bits per heavy atom. The Kier molecular flexibility index (Phi) is 3.28. The lowest BCUT2D eigenvalue weighted by Gasteiger charge is -2.46. The predicted molar refractivity (Wildman–Crippen MR) is 85.8 cm³/mol. The largest absolute Gasteiger partial charge is 0.331 e. The third kappa shape index (κ3) is 2.10. The summed E-state index contributed by atoms with van der Waals surface area (Å²) >= 11 is 0. The summed E-state index contributed by atoms with van der Waals surface area (Å²) in [5.41, 5.74) is 18.3. The Morgan fingerprint density at radius 3 is 2.77 bits per heavy atom. The van der Waals surface area contributed by atoms with Crippen molar-refractivity contribution in [3.05, 3.63) is 24.2 Å². The van der Waals surface area contributed by atoms with Gasteiger partial charge in [-0.15, -0.1) is 0 Å². The first-order valence-electron chi connectivity index (χ1n) is 7.16. The fourth-order valence-corrected chi connectivity index (χ4v) is 2.70. The van der Waals surface area contributed by atoms with E-state index in [9.17, 15) is 0 Å². The highest BCUT2D eigenvalue weighted by molar-refractivity contribution is 6.10. The molecule has 0 amide bonds. The van der Waals surface area contributed by atoms with E-state index in [1.165, 1.54) is 6.21 Å². The molecule has 9 nitrogen and oxygen atoms in total. The lowest BCUT2D eigenvalue weighted by molar-refractivity contribution is 0.223. The average molecular weight is 303 g/mol. The Hall–Kier alpha value is -2.23. The van der Waals surface area contributed by atoms with Crippen molar-refractivity contribution in [2.24, 2.45) is 27.3 Å². The summed E-state index contributed by atoms with van der Waals surface area (Å²) in [6.07, 6.45) is 7.59. The van der Waals surface area contributed by atoms with Crippen molar-refractivity contribution < 1.29 is 0 Å². The quantitative estimate of drug-likeness (QED) is 0.552. The van der Waals surface area contributed by atoms with E-state index >= 15 is 0 Å². The molecular formula is C13H21N9. The zero-order valence-electron chi connectivity index (χ0n) is 12.7. The smallest absolute Gasteiger partial charge is 0.212 e. The van der Waals surface area contributed by atoms with Crippen LogP contribution >= 0.6 is 0 Å². The normalized spacial score (nSPS) is 25.8. The van der Waals surface area contributed by atoms with Gasteiger partial charge in [0.2, 0.25) is 11.7 Å². The van der Waals surface area contributed by atoms with Gasteiger partial charge in [0, 0.05) is 30.7 Å². The molecule has 1 aromatic heterocycles. The fourth-order valence-electron chi connectivity index (χ4n) is 2.70. The molecule has 1 unspecified atom stereocenters. The molecule has 2 aliphatic heterocycles. The highest BCUT2D eigenvalue weighted by atomic mass is 15.7. The molecule has 9 heteroatoms. The Bertz CT molecular complexity index is 642. The maximum Gasteiger partial charge on any atom is 0.212 e. The monoisotopic (exact) mass is 303 g/mol. The molecule has 0 aromatic carbocycles. The summed E-state index contributed by atoms with van der Waals surface area (Å²) in [5, 5.41) is 5.84. The Labute approximate surface area is 128 Å². The number of aromatic amines is 1. The molecule has 2 aliphatic rings. The van der Waals surface area contributed by atoms with Crippen molar-refractivity contribution in [3.63, 3.8) is 0 Å². The van der Waals surface area contributed by atoms with Gasteiger partial charge in [0.05, 0.1) is 6.21 Å². The van der Waals surface area contributed by atoms with Crippen molar-refractivity contribution in [2.75, 3.05) is 11.4 Å². The van der Waals surface area contributed by atoms with Gasteiger partial charge in [-0.2, -0.15) is 5.10 Å². The average Bonchev–Trinajstić information content (AvgIpc) is 3.05. The van der Waals surface area contributed by atoms with Gasteiger partial charge < -0.3 is 21.4 Å². The molecular weight excluding hydrogens is 282 g/mol. The van der Waals surface area contributed by atoms with Crippen LogP contribution < -0.4 is 22.1 Å². The molecule has 3 heterocycles. The minimum atomic E-state index is -1.23. The number of hydrogen-bond donors (Lipinski definition) is 4. The number of nitrogens with two attached hydrogens (primary N) is 3. The van der Waals surface area contributed by atoms with Crippen LogP contribution in [-0.2, 0) is 0 Å². The second kappa shape index (κ2) is 4.90. The molecule has 0 bridgehead atoms. The van der Waals surface area contributed by atoms with Crippen LogP contribution in [0.15, 0.2) is 34.3 Å². The van der Waals surface area contributed by atoms with E-state index in [-0.39, 0.29) is 0 Å². The van der Waals surface area contributed by atoms with E-state index in [2.05, 4.69) is 27.0 Å². The number of imidazole rings is 1. The topological polar surface area (TPSA) is 138 Å². The Morgan fingerprint density at radius 1 is 1.36 bits per heavy atom. The van der Waals surface area contributed by atoms with E-state index in [0.29, 0.717) is 18.3 Å². The van der Waals surface area contributed by atoms with Crippen molar-refractivity contribution in [1.29, 1.82) is 0 Å². The first-order chi connectivity index (χ1) is 10.4. The number of fused-ring (bicyclic) bond motifs is 1. The molecule has 7 N–H and O–H groups in total. The summed E-state index contributed by atoms with van der Waals surface area (Å²) in [5.74, 6) is -0.00879. The highest BCUT2D eigenvalue weighted by Crippen LogP contribution is 2.31. The molecule has 0 spiro atoms. The summed E-state index contributed by atoms with van der Waals surface area (Å²) in [4.78, 5) is 13.7. The first kappa shape index (κ1) is 14.7. The summed E-state index contributed by atoms with van der Waals surface area (Å²) in [6, 6.07) is 0. The third-order valence-corrected chi connectivity index (χ3v) is 3.64. The molecule has 22 heavy (non-hydrogen) atoms. The third-order valence-electron chi connectivity index (χ3n) is 3.64. The minimum absolute atomic E-state index is 0.419. The number of hydrazone groups is 1. The van der Waals surface area contributed by atoms with Gasteiger partial charge in [-0.1, -0.05) is 6.92 Å². The van der Waals surface area contributed by atoms with Crippen LogP contribution in [0.2, 0.25) is 0 Å². The number of amidine groups is 1. The summed E-state index contributed by atoms with van der Waals surface area (Å²) in [7, 11) is 0. The molecule has 3 rings (SSSR count). The van der Waals surface area contributed by atoms with Gasteiger partial charge in [-0.05, 0) is 13.3 Å². The maximum absolute atomic E-state index is 6.69. The molecule has 1 aromatic rings. The van der Waals surface area contributed by atoms with Crippen LogP contribution in [0.4, 0.5) is 5.95 Å². The molecule has 118 valence electrons. The predicted octanol–water partition coefficient (Wildman–Crippen LogP) is -0.530. The van der Waals surface area contributed by atoms with Gasteiger partial charge in [-0.3, -0.25) is 5.73 Å². The van der Waals surface area contributed by atoms with Crippen molar-refractivity contribution >= 4 is 18.0 Å². The van der Waals surface area contributed by atoms with Crippen molar-refractivity contribution in [2.45, 2.75) is 31.7 Å². The van der Waals surface area contributed by atoms with Gasteiger partial charge in [0.1, 0.15) is 0 Å². The van der Waals surface area contributed by atoms with Crippen molar-refractivity contribution in [3.8, 4) is 0 Å². The number of aliphatic imine (C=N–C) groups is 1. The second-order valence-electron chi connectivity index (χ2n) is 5.56. The number of H-pyrrole nitrogens is 1.